The number of para-hydroxylation sites is 1. The number of esters is 1. The number of hydrogen-bond donors (Lipinski definition) is 0. The maximum Gasteiger partial charge on any atom is 0.304 e. The molecule has 2 rings (SSSR count). The minimum atomic E-state index is -0.328. The maximum atomic E-state index is 12.0. The summed E-state index contributed by atoms with van der Waals surface area (Å²) in [5.74, 6) is -0.328. The summed E-state index contributed by atoms with van der Waals surface area (Å²) in [6.45, 7) is 3.57. The lowest BCUT2D eigenvalue weighted by atomic mass is 10.1. The van der Waals surface area contributed by atoms with Crippen LogP contribution in [0.2, 0.25) is 0 Å². The molecule has 0 atom stereocenters. The van der Waals surface area contributed by atoms with Gasteiger partial charge in [0.05, 0.1) is 5.52 Å². The molecule has 2 aromatic rings. The number of aromatic nitrogens is 1. The Labute approximate surface area is 111 Å². The number of aryl methyl sites for hydroxylation is 1. The largest absolute Gasteiger partial charge is 0.444 e. The molecule has 0 amide bonds. The van der Waals surface area contributed by atoms with Crippen LogP contribution in [0.3, 0.4) is 0 Å². The first kappa shape index (κ1) is 13.3. The topological polar surface area (TPSA) is 48.3 Å². The highest BCUT2D eigenvalue weighted by atomic mass is 16.5. The van der Waals surface area contributed by atoms with Gasteiger partial charge in [-0.25, -0.2) is 0 Å². The normalized spacial score (nSPS) is 10.6. The Morgan fingerprint density at radius 3 is 2.74 bits per heavy atom. The molecule has 4 nitrogen and oxygen atoms in total. The van der Waals surface area contributed by atoms with Crippen LogP contribution in [-0.2, 0) is 22.7 Å². The quantitative estimate of drug-likeness (QED) is 0.792. The van der Waals surface area contributed by atoms with Crippen LogP contribution >= 0.6 is 0 Å². The molecule has 0 aliphatic heterocycles. The van der Waals surface area contributed by atoms with Crippen LogP contribution in [0.25, 0.3) is 10.9 Å². The monoisotopic (exact) mass is 259 g/mol. The van der Waals surface area contributed by atoms with Crippen LogP contribution in [0, 0.1) is 0 Å². The predicted octanol–water partition coefficient (Wildman–Crippen LogP) is 2.47. The van der Waals surface area contributed by atoms with Crippen molar-refractivity contribution in [3.05, 3.63) is 46.2 Å². The van der Waals surface area contributed by atoms with Gasteiger partial charge in [0.2, 0.25) is 0 Å². The standard InChI is InChI=1S/C15H17NO3/c1-3-6-12-9-15(18)13-7-4-5-8-14(13)16(12)10-19-11(2)17/h4-5,7-9H,3,6,10H2,1-2H3. The van der Waals surface area contributed by atoms with E-state index in [1.165, 1.54) is 6.92 Å². The first-order chi connectivity index (χ1) is 9.13. The van der Waals surface area contributed by atoms with Crippen LogP contribution in [0.15, 0.2) is 35.1 Å². The molecular formula is C15H17NO3. The van der Waals surface area contributed by atoms with Crippen molar-refractivity contribution in [1.29, 1.82) is 0 Å². The predicted molar refractivity (Wildman–Crippen MR) is 74.0 cm³/mol. The lowest BCUT2D eigenvalue weighted by Crippen LogP contribution is -2.17. The molecule has 100 valence electrons. The molecule has 0 spiro atoms. The third-order valence-electron chi connectivity index (χ3n) is 3.01. The number of fused-ring (bicyclic) bond motifs is 1. The molecule has 1 heterocycles. The molecule has 0 saturated carbocycles. The Bertz CT molecular complexity index is 658. The van der Waals surface area contributed by atoms with Gasteiger partial charge in [-0.05, 0) is 18.6 Å². The summed E-state index contributed by atoms with van der Waals surface area (Å²) in [6.07, 6.45) is 1.71. The van der Waals surface area contributed by atoms with Crippen molar-refractivity contribution in [2.45, 2.75) is 33.4 Å². The van der Waals surface area contributed by atoms with Crippen LogP contribution in [-0.4, -0.2) is 10.5 Å². The Balaban J connectivity index is 2.60. The van der Waals surface area contributed by atoms with E-state index in [1.54, 1.807) is 12.1 Å². The summed E-state index contributed by atoms with van der Waals surface area (Å²) in [4.78, 5) is 23.0. The van der Waals surface area contributed by atoms with E-state index in [2.05, 4.69) is 6.92 Å². The van der Waals surface area contributed by atoms with E-state index < -0.39 is 0 Å². The number of carbonyl (C=O) groups is 1. The molecule has 0 fully saturated rings. The van der Waals surface area contributed by atoms with Crippen LogP contribution in [0.4, 0.5) is 0 Å². The zero-order valence-corrected chi connectivity index (χ0v) is 11.2. The Morgan fingerprint density at radius 2 is 2.05 bits per heavy atom. The van der Waals surface area contributed by atoms with Gasteiger partial charge in [0, 0.05) is 24.1 Å². The minimum Gasteiger partial charge on any atom is -0.444 e. The molecule has 0 unspecified atom stereocenters. The summed E-state index contributed by atoms with van der Waals surface area (Å²) in [5, 5.41) is 0.648. The Morgan fingerprint density at radius 1 is 1.32 bits per heavy atom. The lowest BCUT2D eigenvalue weighted by Gasteiger charge is -2.16. The highest BCUT2D eigenvalue weighted by molar-refractivity contribution is 5.79. The number of benzene rings is 1. The second kappa shape index (κ2) is 5.69. The number of nitrogens with zero attached hydrogens (tertiary/aromatic N) is 1. The van der Waals surface area contributed by atoms with E-state index in [4.69, 9.17) is 4.74 Å². The minimum absolute atomic E-state index is 0.0122. The summed E-state index contributed by atoms with van der Waals surface area (Å²) in [5.41, 5.74) is 1.71. The van der Waals surface area contributed by atoms with Gasteiger partial charge in [-0.2, -0.15) is 0 Å². The molecule has 0 N–H and O–H groups in total. The summed E-state index contributed by atoms with van der Waals surface area (Å²) >= 11 is 0. The van der Waals surface area contributed by atoms with Crippen molar-refractivity contribution >= 4 is 16.9 Å². The number of carbonyl (C=O) groups excluding carboxylic acids is 1. The summed E-state index contributed by atoms with van der Waals surface area (Å²) < 4.78 is 6.98. The zero-order chi connectivity index (χ0) is 13.8. The lowest BCUT2D eigenvalue weighted by molar-refractivity contribution is -0.144. The fourth-order valence-corrected chi connectivity index (χ4v) is 2.15. The molecule has 1 aromatic carbocycles. The van der Waals surface area contributed by atoms with Gasteiger partial charge in [0.25, 0.3) is 0 Å². The Kier molecular flexibility index (Phi) is 4.00. The van der Waals surface area contributed by atoms with E-state index in [0.29, 0.717) is 5.39 Å². The van der Waals surface area contributed by atoms with E-state index in [-0.39, 0.29) is 18.1 Å². The molecule has 0 aliphatic rings. The third kappa shape index (κ3) is 2.84. The molecule has 0 saturated heterocycles. The van der Waals surface area contributed by atoms with Gasteiger partial charge >= 0.3 is 5.97 Å². The molecule has 19 heavy (non-hydrogen) atoms. The van der Waals surface area contributed by atoms with Crippen molar-refractivity contribution in [3.8, 4) is 0 Å². The highest BCUT2D eigenvalue weighted by Crippen LogP contribution is 2.14. The smallest absolute Gasteiger partial charge is 0.304 e. The third-order valence-corrected chi connectivity index (χ3v) is 3.01. The van der Waals surface area contributed by atoms with Crippen LogP contribution < -0.4 is 5.43 Å². The van der Waals surface area contributed by atoms with Crippen molar-refractivity contribution in [2.75, 3.05) is 0 Å². The number of pyridine rings is 1. The average Bonchev–Trinajstić information content (AvgIpc) is 2.38. The van der Waals surface area contributed by atoms with E-state index in [0.717, 1.165) is 24.1 Å². The molecule has 0 bridgehead atoms. The van der Waals surface area contributed by atoms with Crippen LogP contribution in [0.1, 0.15) is 26.0 Å². The highest BCUT2D eigenvalue weighted by Gasteiger charge is 2.09. The SMILES string of the molecule is CCCc1cc(=O)c2ccccc2n1COC(C)=O. The van der Waals surface area contributed by atoms with E-state index >= 15 is 0 Å². The van der Waals surface area contributed by atoms with Crippen molar-refractivity contribution in [1.82, 2.24) is 4.57 Å². The average molecular weight is 259 g/mol. The maximum absolute atomic E-state index is 12.0. The van der Waals surface area contributed by atoms with Crippen molar-refractivity contribution in [3.63, 3.8) is 0 Å². The fourth-order valence-electron chi connectivity index (χ4n) is 2.15. The second-order valence-corrected chi connectivity index (χ2v) is 4.46. The molecule has 0 aliphatic carbocycles. The summed E-state index contributed by atoms with van der Waals surface area (Å²) in [6, 6.07) is 9.01. The number of rotatable bonds is 4. The van der Waals surface area contributed by atoms with Gasteiger partial charge < -0.3 is 9.30 Å². The van der Waals surface area contributed by atoms with Gasteiger partial charge in [-0.15, -0.1) is 0 Å². The number of hydrogen-bond acceptors (Lipinski definition) is 3. The fraction of sp³-hybridized carbons (Fsp3) is 0.333. The first-order valence-electron chi connectivity index (χ1n) is 6.38. The molecule has 4 heteroatoms. The molecule has 1 aromatic heterocycles. The first-order valence-corrected chi connectivity index (χ1v) is 6.38. The molecule has 0 radical (unpaired) electrons. The molecular weight excluding hydrogens is 242 g/mol. The van der Waals surface area contributed by atoms with Gasteiger partial charge in [-0.3, -0.25) is 9.59 Å². The van der Waals surface area contributed by atoms with Gasteiger partial charge in [-0.1, -0.05) is 25.5 Å². The van der Waals surface area contributed by atoms with Crippen LogP contribution in [0.5, 0.6) is 0 Å². The summed E-state index contributed by atoms with van der Waals surface area (Å²) in [7, 11) is 0. The number of ether oxygens (including phenoxy) is 1. The van der Waals surface area contributed by atoms with Crippen molar-refractivity contribution in [2.24, 2.45) is 0 Å². The van der Waals surface area contributed by atoms with E-state index in [1.807, 2.05) is 22.8 Å². The van der Waals surface area contributed by atoms with Gasteiger partial charge in [0.1, 0.15) is 0 Å². The van der Waals surface area contributed by atoms with Crippen molar-refractivity contribution < 1.29 is 9.53 Å². The Hall–Kier alpha value is -2.10. The van der Waals surface area contributed by atoms with E-state index in [9.17, 15) is 9.59 Å². The zero-order valence-electron chi connectivity index (χ0n) is 11.2. The van der Waals surface area contributed by atoms with Gasteiger partial charge in [0.15, 0.2) is 12.2 Å². The second-order valence-electron chi connectivity index (χ2n) is 4.46.